The molecule has 2 aromatic rings. The van der Waals surface area contributed by atoms with Crippen molar-refractivity contribution in [2.75, 3.05) is 38.7 Å². The van der Waals surface area contributed by atoms with Gasteiger partial charge in [0.25, 0.3) is 0 Å². The molecule has 2 aromatic carbocycles. The average molecular weight is 406 g/mol. The molecular weight excluding hydrogens is 382 g/mol. The van der Waals surface area contributed by atoms with Crippen LogP contribution in [-0.4, -0.2) is 43.4 Å². The molecule has 0 aromatic heterocycles. The van der Waals surface area contributed by atoms with Crippen LogP contribution >= 0.6 is 23.8 Å². The van der Waals surface area contributed by atoms with Crippen molar-refractivity contribution >= 4 is 34.6 Å². The number of ether oxygens (including phenoxy) is 2. The standard InChI is InChI=1S/C20H24ClN3O2S/c1-25-19-7-6-17(12-18(19)21)23-20(27)22-13-15-4-2-3-5-16(15)14-24-8-10-26-11-9-24/h2-7,12H,8-11,13-14H2,1H3,(H2,22,23,27). The van der Waals surface area contributed by atoms with Gasteiger partial charge >= 0.3 is 0 Å². The van der Waals surface area contributed by atoms with Crippen LogP contribution < -0.4 is 15.4 Å². The molecule has 1 heterocycles. The first-order chi connectivity index (χ1) is 13.2. The zero-order valence-corrected chi connectivity index (χ0v) is 16.9. The summed E-state index contributed by atoms with van der Waals surface area (Å²) in [6, 6.07) is 13.9. The lowest BCUT2D eigenvalue weighted by atomic mass is 10.1. The molecule has 144 valence electrons. The monoisotopic (exact) mass is 405 g/mol. The van der Waals surface area contributed by atoms with Gasteiger partial charge in [-0.15, -0.1) is 0 Å². The second kappa shape index (κ2) is 9.90. The molecule has 0 spiro atoms. The number of benzene rings is 2. The fourth-order valence-electron chi connectivity index (χ4n) is 2.98. The van der Waals surface area contributed by atoms with Gasteiger partial charge in [0.1, 0.15) is 5.75 Å². The van der Waals surface area contributed by atoms with Gasteiger partial charge in [0, 0.05) is 31.9 Å². The summed E-state index contributed by atoms with van der Waals surface area (Å²) in [7, 11) is 1.59. The second-order valence-corrected chi connectivity index (χ2v) is 7.13. The highest BCUT2D eigenvalue weighted by atomic mass is 35.5. The SMILES string of the molecule is COc1ccc(NC(=S)NCc2ccccc2CN2CCOCC2)cc1Cl. The van der Waals surface area contributed by atoms with Gasteiger partial charge in [-0.3, -0.25) is 4.90 Å². The maximum absolute atomic E-state index is 6.16. The molecule has 1 aliphatic heterocycles. The summed E-state index contributed by atoms with van der Waals surface area (Å²) >= 11 is 11.6. The molecule has 0 unspecified atom stereocenters. The molecule has 0 atom stereocenters. The number of morpholine rings is 1. The van der Waals surface area contributed by atoms with Crippen LogP contribution in [0.5, 0.6) is 5.75 Å². The smallest absolute Gasteiger partial charge is 0.171 e. The second-order valence-electron chi connectivity index (χ2n) is 6.31. The van der Waals surface area contributed by atoms with Gasteiger partial charge in [-0.1, -0.05) is 35.9 Å². The average Bonchev–Trinajstić information content (AvgIpc) is 2.68. The van der Waals surface area contributed by atoms with Crippen molar-refractivity contribution in [3.05, 3.63) is 58.6 Å². The molecular formula is C20H24ClN3O2S. The summed E-state index contributed by atoms with van der Waals surface area (Å²) in [5, 5.41) is 7.53. The first-order valence-electron chi connectivity index (χ1n) is 8.91. The highest BCUT2D eigenvalue weighted by Crippen LogP contribution is 2.27. The summed E-state index contributed by atoms with van der Waals surface area (Å²) in [6.45, 7) is 5.14. The van der Waals surface area contributed by atoms with Gasteiger partial charge in [0.05, 0.1) is 25.3 Å². The highest BCUT2D eigenvalue weighted by molar-refractivity contribution is 7.80. The topological polar surface area (TPSA) is 45.8 Å². The van der Waals surface area contributed by atoms with Crippen LogP contribution in [0.4, 0.5) is 5.69 Å². The molecule has 0 bridgehead atoms. The zero-order chi connectivity index (χ0) is 19.1. The Kier molecular flexibility index (Phi) is 7.29. The van der Waals surface area contributed by atoms with Crippen LogP contribution in [0.15, 0.2) is 42.5 Å². The largest absolute Gasteiger partial charge is 0.495 e. The third-order valence-electron chi connectivity index (χ3n) is 4.47. The van der Waals surface area contributed by atoms with E-state index in [2.05, 4.69) is 39.8 Å². The van der Waals surface area contributed by atoms with E-state index < -0.39 is 0 Å². The predicted molar refractivity (Wildman–Crippen MR) is 114 cm³/mol. The van der Waals surface area contributed by atoms with Crippen molar-refractivity contribution in [2.24, 2.45) is 0 Å². The van der Waals surface area contributed by atoms with E-state index in [0.717, 1.165) is 38.5 Å². The number of nitrogens with one attached hydrogen (secondary N) is 2. The van der Waals surface area contributed by atoms with Crippen LogP contribution in [0.25, 0.3) is 0 Å². The van der Waals surface area contributed by atoms with E-state index in [1.54, 1.807) is 13.2 Å². The molecule has 27 heavy (non-hydrogen) atoms. The van der Waals surface area contributed by atoms with E-state index in [0.29, 0.717) is 22.4 Å². The van der Waals surface area contributed by atoms with Gasteiger partial charge < -0.3 is 20.1 Å². The molecule has 1 saturated heterocycles. The Hall–Kier alpha value is -1.86. The Balaban J connectivity index is 1.56. The minimum Gasteiger partial charge on any atom is -0.495 e. The summed E-state index contributed by atoms with van der Waals surface area (Å²) in [5.74, 6) is 0.637. The first kappa shape index (κ1) is 19.9. The van der Waals surface area contributed by atoms with E-state index >= 15 is 0 Å². The number of hydrogen-bond donors (Lipinski definition) is 2. The van der Waals surface area contributed by atoms with Crippen molar-refractivity contribution in [1.82, 2.24) is 10.2 Å². The minimum atomic E-state index is 0.543. The Morgan fingerprint density at radius 1 is 1.19 bits per heavy atom. The van der Waals surface area contributed by atoms with Crippen LogP contribution in [0.1, 0.15) is 11.1 Å². The predicted octanol–water partition coefficient (Wildman–Crippen LogP) is 3.67. The Morgan fingerprint density at radius 3 is 2.63 bits per heavy atom. The quantitative estimate of drug-likeness (QED) is 0.715. The molecule has 2 N–H and O–H groups in total. The normalized spacial score (nSPS) is 14.6. The van der Waals surface area contributed by atoms with E-state index in [1.807, 2.05) is 12.1 Å². The fourth-order valence-corrected chi connectivity index (χ4v) is 3.43. The van der Waals surface area contributed by atoms with E-state index in [9.17, 15) is 0 Å². The molecule has 3 rings (SSSR count). The Bertz CT molecular complexity index is 782. The van der Waals surface area contributed by atoms with Gasteiger partial charge in [-0.25, -0.2) is 0 Å². The number of rotatable bonds is 6. The van der Waals surface area contributed by atoms with Gasteiger partial charge in [0.15, 0.2) is 5.11 Å². The number of hydrogen-bond acceptors (Lipinski definition) is 4. The maximum atomic E-state index is 6.16. The maximum Gasteiger partial charge on any atom is 0.171 e. The van der Waals surface area contributed by atoms with Crippen LogP contribution in [0.3, 0.4) is 0 Å². The van der Waals surface area contributed by atoms with Crippen molar-refractivity contribution in [3.63, 3.8) is 0 Å². The number of thiocarbonyl (C=S) groups is 1. The number of nitrogens with zero attached hydrogens (tertiary/aromatic N) is 1. The molecule has 0 radical (unpaired) electrons. The third kappa shape index (κ3) is 5.81. The van der Waals surface area contributed by atoms with E-state index in [-0.39, 0.29) is 0 Å². The minimum absolute atomic E-state index is 0.543. The van der Waals surface area contributed by atoms with Crippen molar-refractivity contribution in [1.29, 1.82) is 0 Å². The molecule has 0 saturated carbocycles. The van der Waals surface area contributed by atoms with Crippen molar-refractivity contribution in [2.45, 2.75) is 13.1 Å². The number of halogens is 1. The zero-order valence-electron chi connectivity index (χ0n) is 15.3. The summed E-state index contributed by atoms with van der Waals surface area (Å²) < 4.78 is 10.6. The number of anilines is 1. The lowest BCUT2D eigenvalue weighted by molar-refractivity contribution is 0.0341. The van der Waals surface area contributed by atoms with Crippen molar-refractivity contribution in [3.8, 4) is 5.75 Å². The van der Waals surface area contributed by atoms with Gasteiger partial charge in [-0.05, 0) is 41.5 Å². The van der Waals surface area contributed by atoms with Crippen molar-refractivity contribution < 1.29 is 9.47 Å². The molecule has 0 aliphatic carbocycles. The van der Waals surface area contributed by atoms with Gasteiger partial charge in [0.2, 0.25) is 0 Å². The lowest BCUT2D eigenvalue weighted by Gasteiger charge is -2.27. The summed E-state index contributed by atoms with van der Waals surface area (Å²) in [6.07, 6.45) is 0. The van der Waals surface area contributed by atoms with Crippen LogP contribution in [0, 0.1) is 0 Å². The summed E-state index contributed by atoms with van der Waals surface area (Å²) in [4.78, 5) is 2.41. The molecule has 1 fully saturated rings. The van der Waals surface area contributed by atoms with Gasteiger partial charge in [-0.2, -0.15) is 0 Å². The Morgan fingerprint density at radius 2 is 1.93 bits per heavy atom. The van der Waals surface area contributed by atoms with Crippen LogP contribution in [0.2, 0.25) is 5.02 Å². The lowest BCUT2D eigenvalue weighted by Crippen LogP contribution is -2.36. The molecule has 5 nitrogen and oxygen atoms in total. The summed E-state index contributed by atoms with van der Waals surface area (Å²) in [5.41, 5.74) is 3.36. The number of methoxy groups -OCH3 is 1. The Labute approximate surface area is 170 Å². The third-order valence-corrected chi connectivity index (χ3v) is 5.01. The van der Waals surface area contributed by atoms with E-state index in [1.165, 1.54) is 11.1 Å². The molecule has 1 aliphatic rings. The van der Waals surface area contributed by atoms with Crippen LogP contribution in [-0.2, 0) is 17.8 Å². The first-order valence-corrected chi connectivity index (χ1v) is 9.69. The highest BCUT2D eigenvalue weighted by Gasteiger charge is 2.12. The molecule has 0 amide bonds. The molecule has 7 heteroatoms. The van der Waals surface area contributed by atoms with E-state index in [4.69, 9.17) is 33.3 Å². The fraction of sp³-hybridized carbons (Fsp3) is 0.350.